The Kier molecular flexibility index (Phi) is 2.44. The summed E-state index contributed by atoms with van der Waals surface area (Å²) in [7, 11) is 0. The first-order valence-electron chi connectivity index (χ1n) is 3.30. The van der Waals surface area contributed by atoms with Crippen LogP contribution >= 0.6 is 11.3 Å². The molecule has 0 radical (unpaired) electrons. The second-order valence-electron chi connectivity index (χ2n) is 2.09. The van der Waals surface area contributed by atoms with Crippen molar-refractivity contribution in [1.29, 1.82) is 5.41 Å². The van der Waals surface area contributed by atoms with Crippen molar-refractivity contribution in [3.63, 3.8) is 0 Å². The zero-order valence-electron chi connectivity index (χ0n) is 6.29. The Morgan fingerprint density at radius 3 is 2.82 bits per heavy atom. The molecule has 1 aromatic heterocycles. The Labute approximate surface area is 69.9 Å². The molecule has 3 heteroatoms. The van der Waals surface area contributed by atoms with Gasteiger partial charge in [-0.25, -0.2) is 0 Å². The molecule has 0 amide bonds. The van der Waals surface area contributed by atoms with Gasteiger partial charge in [-0.05, 0) is 18.4 Å². The highest BCUT2D eigenvalue weighted by molar-refractivity contribution is 7.11. The number of amidine groups is 1. The van der Waals surface area contributed by atoms with Gasteiger partial charge in [0.2, 0.25) is 0 Å². The molecule has 0 spiro atoms. The monoisotopic (exact) mass is 166 g/mol. The highest BCUT2D eigenvalue weighted by atomic mass is 32.1. The zero-order valence-corrected chi connectivity index (χ0v) is 7.11. The van der Waals surface area contributed by atoms with E-state index in [9.17, 15) is 0 Å². The first kappa shape index (κ1) is 8.01. The van der Waals surface area contributed by atoms with Crippen LogP contribution in [0.5, 0.6) is 0 Å². The van der Waals surface area contributed by atoms with Crippen LogP contribution in [0.1, 0.15) is 11.8 Å². The lowest BCUT2D eigenvalue weighted by molar-refractivity contribution is 1.46. The molecule has 58 valence electrons. The molecule has 0 aromatic carbocycles. The maximum Gasteiger partial charge on any atom is 0.123 e. The van der Waals surface area contributed by atoms with Gasteiger partial charge in [-0.15, -0.1) is 11.3 Å². The van der Waals surface area contributed by atoms with Gasteiger partial charge in [-0.2, -0.15) is 0 Å². The minimum Gasteiger partial charge on any atom is -0.384 e. The first-order valence-corrected chi connectivity index (χ1v) is 4.18. The molecule has 2 nitrogen and oxygen atoms in total. The molecular weight excluding hydrogens is 156 g/mol. The average Bonchev–Trinajstić information content (AvgIpc) is 2.40. The summed E-state index contributed by atoms with van der Waals surface area (Å²) in [6.45, 7) is 1.89. The number of thiophene rings is 1. The molecule has 1 aromatic rings. The molecule has 0 unspecified atom stereocenters. The molecule has 0 bridgehead atoms. The fourth-order valence-electron chi connectivity index (χ4n) is 0.862. The number of nitrogens with one attached hydrogen (secondary N) is 1. The van der Waals surface area contributed by atoms with E-state index in [2.05, 4.69) is 0 Å². The molecular formula is C8H10N2S. The third-order valence-corrected chi connectivity index (χ3v) is 2.27. The van der Waals surface area contributed by atoms with Crippen molar-refractivity contribution in [1.82, 2.24) is 0 Å². The predicted molar refractivity (Wildman–Crippen MR) is 49.9 cm³/mol. The Bertz CT molecular complexity index is 272. The van der Waals surface area contributed by atoms with Crippen molar-refractivity contribution in [3.8, 4) is 0 Å². The molecule has 0 aliphatic heterocycles. The molecule has 1 heterocycles. The number of allylic oxidation sites excluding steroid dienone is 1. The van der Waals surface area contributed by atoms with Gasteiger partial charge in [0.1, 0.15) is 5.84 Å². The Morgan fingerprint density at radius 1 is 1.73 bits per heavy atom. The quantitative estimate of drug-likeness (QED) is 0.513. The first-order chi connectivity index (χ1) is 5.25. The minimum atomic E-state index is 0.134. The van der Waals surface area contributed by atoms with E-state index < -0.39 is 0 Å². The number of hydrogen-bond acceptors (Lipinski definition) is 2. The zero-order chi connectivity index (χ0) is 8.27. The van der Waals surface area contributed by atoms with E-state index in [0.717, 1.165) is 10.5 Å². The third kappa shape index (κ3) is 1.68. The molecule has 11 heavy (non-hydrogen) atoms. The van der Waals surface area contributed by atoms with Crippen LogP contribution in [-0.4, -0.2) is 5.84 Å². The van der Waals surface area contributed by atoms with Gasteiger partial charge < -0.3 is 5.73 Å². The summed E-state index contributed by atoms with van der Waals surface area (Å²) < 4.78 is 0. The summed E-state index contributed by atoms with van der Waals surface area (Å²) in [6.07, 6.45) is 1.86. The maximum atomic E-state index is 7.24. The second kappa shape index (κ2) is 3.34. The van der Waals surface area contributed by atoms with Gasteiger partial charge in [0, 0.05) is 10.5 Å². The van der Waals surface area contributed by atoms with Gasteiger partial charge in [-0.3, -0.25) is 5.41 Å². The van der Waals surface area contributed by atoms with Crippen LogP contribution < -0.4 is 5.73 Å². The van der Waals surface area contributed by atoms with Crippen molar-refractivity contribution in [2.75, 3.05) is 0 Å². The van der Waals surface area contributed by atoms with Gasteiger partial charge in [0.05, 0.1) is 0 Å². The summed E-state index contributed by atoms with van der Waals surface area (Å²) in [6, 6.07) is 3.91. The van der Waals surface area contributed by atoms with Gasteiger partial charge in [0.15, 0.2) is 0 Å². The van der Waals surface area contributed by atoms with Crippen LogP contribution in [0.15, 0.2) is 23.6 Å². The average molecular weight is 166 g/mol. The fraction of sp³-hybridized carbons (Fsp3) is 0.125. The van der Waals surface area contributed by atoms with Crippen LogP contribution in [0.4, 0.5) is 0 Å². The topological polar surface area (TPSA) is 49.9 Å². The molecule has 0 aliphatic carbocycles. The molecule has 0 atom stereocenters. The van der Waals surface area contributed by atoms with Crippen molar-refractivity contribution < 1.29 is 0 Å². The van der Waals surface area contributed by atoms with Crippen molar-refractivity contribution >= 4 is 22.7 Å². The fourth-order valence-corrected chi connectivity index (χ4v) is 1.68. The highest BCUT2D eigenvalue weighted by Crippen LogP contribution is 2.19. The van der Waals surface area contributed by atoms with Crippen molar-refractivity contribution in [2.24, 2.45) is 5.73 Å². The van der Waals surface area contributed by atoms with E-state index in [4.69, 9.17) is 11.1 Å². The number of rotatable bonds is 2. The van der Waals surface area contributed by atoms with Crippen LogP contribution in [0.25, 0.3) is 5.57 Å². The van der Waals surface area contributed by atoms with Crippen molar-refractivity contribution in [2.45, 2.75) is 6.92 Å². The predicted octanol–water partition coefficient (Wildman–Crippen LogP) is 2.09. The third-order valence-electron chi connectivity index (χ3n) is 1.37. The summed E-state index contributed by atoms with van der Waals surface area (Å²) in [4.78, 5) is 1.06. The van der Waals surface area contributed by atoms with E-state index >= 15 is 0 Å². The molecule has 1 rings (SSSR count). The van der Waals surface area contributed by atoms with Gasteiger partial charge >= 0.3 is 0 Å². The minimum absolute atomic E-state index is 0.134. The summed E-state index contributed by atoms with van der Waals surface area (Å²) in [5, 5.41) is 9.22. The lowest BCUT2D eigenvalue weighted by Crippen LogP contribution is -2.10. The largest absolute Gasteiger partial charge is 0.384 e. The van der Waals surface area contributed by atoms with E-state index in [1.165, 1.54) is 0 Å². The Balaban J connectivity index is 2.99. The SMILES string of the molecule is C/C=C(\C(=N)N)c1cccs1. The van der Waals surface area contributed by atoms with E-state index in [0.29, 0.717) is 0 Å². The molecule has 0 saturated heterocycles. The van der Waals surface area contributed by atoms with Crippen LogP contribution in [0.3, 0.4) is 0 Å². The smallest absolute Gasteiger partial charge is 0.123 e. The van der Waals surface area contributed by atoms with E-state index in [1.54, 1.807) is 11.3 Å². The van der Waals surface area contributed by atoms with Gasteiger partial charge in [0.25, 0.3) is 0 Å². The lowest BCUT2D eigenvalue weighted by Gasteiger charge is -1.99. The molecule has 0 aliphatic rings. The van der Waals surface area contributed by atoms with Crippen molar-refractivity contribution in [3.05, 3.63) is 28.5 Å². The Morgan fingerprint density at radius 2 is 2.45 bits per heavy atom. The van der Waals surface area contributed by atoms with Gasteiger partial charge in [-0.1, -0.05) is 12.1 Å². The van der Waals surface area contributed by atoms with E-state index in [-0.39, 0.29) is 5.84 Å². The summed E-state index contributed by atoms with van der Waals surface area (Å²) in [5.41, 5.74) is 6.18. The molecule has 0 fully saturated rings. The number of hydrogen-bond donors (Lipinski definition) is 2. The van der Waals surface area contributed by atoms with Crippen LogP contribution in [0, 0.1) is 5.41 Å². The lowest BCUT2D eigenvalue weighted by atomic mass is 10.2. The highest BCUT2D eigenvalue weighted by Gasteiger charge is 2.02. The summed E-state index contributed by atoms with van der Waals surface area (Å²) in [5.74, 6) is 0.134. The second-order valence-corrected chi connectivity index (χ2v) is 3.04. The van der Waals surface area contributed by atoms with Crippen LogP contribution in [0.2, 0.25) is 0 Å². The standard InChI is InChI=1S/C8H10N2S/c1-2-6(8(9)10)7-4-3-5-11-7/h2-5H,1H3,(H3,9,10)/b6-2-. The van der Waals surface area contributed by atoms with Crippen LogP contribution in [-0.2, 0) is 0 Å². The molecule has 3 N–H and O–H groups in total. The van der Waals surface area contributed by atoms with E-state index in [1.807, 2.05) is 30.5 Å². The Hall–Kier alpha value is -1.09. The molecule has 0 saturated carbocycles. The summed E-state index contributed by atoms with van der Waals surface area (Å²) >= 11 is 1.59. The normalized spacial score (nSPS) is 11.5. The number of nitrogens with two attached hydrogens (primary N) is 1. The maximum absolute atomic E-state index is 7.24.